The van der Waals surface area contributed by atoms with Crippen LogP contribution < -0.4 is 4.72 Å². The van der Waals surface area contributed by atoms with Gasteiger partial charge in [-0.1, -0.05) is 18.9 Å². The number of benzene rings is 1. The number of nitrogens with one attached hydrogen (secondary N) is 1. The summed E-state index contributed by atoms with van der Waals surface area (Å²) in [5.74, 6) is -0.549. The molecule has 1 fully saturated rings. The maximum atomic E-state index is 12.8. The fraction of sp³-hybridized carbons (Fsp3) is 0.588. The first kappa shape index (κ1) is 18.9. The lowest BCUT2D eigenvalue weighted by Crippen LogP contribution is -2.50. The Morgan fingerprint density at radius 2 is 1.92 bits per heavy atom. The molecule has 7 heteroatoms. The molecule has 1 aliphatic rings. The van der Waals surface area contributed by atoms with Crippen molar-refractivity contribution in [1.82, 2.24) is 9.62 Å². The molecule has 0 heterocycles. The van der Waals surface area contributed by atoms with Crippen LogP contribution in [-0.2, 0) is 14.8 Å². The molecule has 0 bridgehead atoms. The Kier molecular flexibility index (Phi) is 5.67. The number of esters is 1. The topological polar surface area (TPSA) is 75.7 Å². The molecule has 0 radical (unpaired) electrons. The highest BCUT2D eigenvalue weighted by molar-refractivity contribution is 7.89. The molecule has 0 aliphatic heterocycles. The normalized spacial score (nSPS) is 17.2. The third kappa shape index (κ3) is 3.79. The zero-order chi connectivity index (χ0) is 18.0. The number of methoxy groups -OCH3 is 1. The second-order valence-electron chi connectivity index (χ2n) is 6.62. The van der Waals surface area contributed by atoms with Gasteiger partial charge in [0.1, 0.15) is 0 Å². The summed E-state index contributed by atoms with van der Waals surface area (Å²) in [6.07, 6.45) is 4.17. The highest BCUT2D eigenvalue weighted by Gasteiger charge is 2.37. The predicted molar refractivity (Wildman–Crippen MR) is 92.6 cm³/mol. The van der Waals surface area contributed by atoms with Crippen molar-refractivity contribution in [1.29, 1.82) is 0 Å². The molecule has 0 amide bonds. The van der Waals surface area contributed by atoms with E-state index < -0.39 is 16.0 Å². The van der Waals surface area contributed by atoms with Crippen LogP contribution in [0.1, 0.15) is 41.6 Å². The van der Waals surface area contributed by atoms with Crippen molar-refractivity contribution < 1.29 is 17.9 Å². The first-order valence-electron chi connectivity index (χ1n) is 8.08. The number of sulfonamides is 1. The van der Waals surface area contributed by atoms with E-state index in [-0.39, 0.29) is 16.0 Å². The van der Waals surface area contributed by atoms with Crippen LogP contribution >= 0.6 is 0 Å². The van der Waals surface area contributed by atoms with Gasteiger partial charge in [0.2, 0.25) is 10.0 Å². The van der Waals surface area contributed by atoms with Crippen LogP contribution in [0.3, 0.4) is 0 Å². The zero-order valence-electron chi connectivity index (χ0n) is 14.8. The van der Waals surface area contributed by atoms with Crippen molar-refractivity contribution in [2.75, 3.05) is 27.7 Å². The third-order valence-electron chi connectivity index (χ3n) is 4.97. The molecule has 1 N–H and O–H groups in total. The second-order valence-corrected chi connectivity index (χ2v) is 8.36. The first-order valence-corrected chi connectivity index (χ1v) is 9.56. The van der Waals surface area contributed by atoms with Crippen LogP contribution in [-0.4, -0.2) is 52.6 Å². The van der Waals surface area contributed by atoms with E-state index in [0.29, 0.717) is 12.1 Å². The van der Waals surface area contributed by atoms with Crippen LogP contribution in [0.4, 0.5) is 0 Å². The molecule has 0 unspecified atom stereocenters. The molecular weight excluding hydrogens is 328 g/mol. The largest absolute Gasteiger partial charge is 0.465 e. The number of hydrogen-bond acceptors (Lipinski definition) is 5. The number of hydrogen-bond donors (Lipinski definition) is 1. The van der Waals surface area contributed by atoms with Gasteiger partial charge in [0.15, 0.2) is 0 Å². The maximum Gasteiger partial charge on any atom is 0.337 e. The van der Waals surface area contributed by atoms with E-state index in [1.807, 2.05) is 14.1 Å². The zero-order valence-corrected chi connectivity index (χ0v) is 15.6. The number of aryl methyl sites for hydroxylation is 1. The van der Waals surface area contributed by atoms with Crippen molar-refractivity contribution in [3.05, 3.63) is 29.3 Å². The molecule has 1 aliphatic carbocycles. The predicted octanol–water partition coefficient (Wildman–Crippen LogP) is 1.93. The molecule has 1 aromatic rings. The Hall–Kier alpha value is -1.44. The molecule has 134 valence electrons. The standard InChI is InChI=1S/C17H26N2O4S/c1-13-7-8-14(16(20)23-4)11-15(13)24(21,22)18-12-17(19(2)3)9-5-6-10-17/h7-8,11,18H,5-6,9-10,12H2,1-4H3. The average Bonchev–Trinajstić information content (AvgIpc) is 3.03. The summed E-state index contributed by atoms with van der Waals surface area (Å²) in [5.41, 5.74) is 0.688. The lowest BCUT2D eigenvalue weighted by atomic mass is 9.97. The van der Waals surface area contributed by atoms with Crippen LogP contribution in [0.15, 0.2) is 23.1 Å². The highest BCUT2D eigenvalue weighted by Crippen LogP contribution is 2.33. The van der Waals surface area contributed by atoms with E-state index in [2.05, 4.69) is 14.4 Å². The van der Waals surface area contributed by atoms with Crippen LogP contribution in [0, 0.1) is 6.92 Å². The van der Waals surface area contributed by atoms with Crippen LogP contribution in [0.2, 0.25) is 0 Å². The third-order valence-corrected chi connectivity index (χ3v) is 6.52. The van der Waals surface area contributed by atoms with Gasteiger partial charge in [-0.15, -0.1) is 0 Å². The Morgan fingerprint density at radius 3 is 2.46 bits per heavy atom. The Morgan fingerprint density at radius 1 is 1.29 bits per heavy atom. The van der Waals surface area contributed by atoms with Gasteiger partial charge in [0, 0.05) is 12.1 Å². The van der Waals surface area contributed by atoms with Gasteiger partial charge < -0.3 is 9.64 Å². The van der Waals surface area contributed by atoms with Crippen LogP contribution in [0.25, 0.3) is 0 Å². The van der Waals surface area contributed by atoms with Gasteiger partial charge in [-0.05, 0) is 51.6 Å². The summed E-state index contributed by atoms with van der Waals surface area (Å²) in [4.78, 5) is 13.9. The lowest BCUT2D eigenvalue weighted by molar-refractivity contribution is 0.0600. The molecule has 0 saturated heterocycles. The summed E-state index contributed by atoms with van der Waals surface area (Å²) in [7, 11) is 1.55. The van der Waals surface area contributed by atoms with E-state index in [1.54, 1.807) is 19.1 Å². The maximum absolute atomic E-state index is 12.8. The van der Waals surface area contributed by atoms with Crippen molar-refractivity contribution >= 4 is 16.0 Å². The molecule has 0 atom stereocenters. The van der Waals surface area contributed by atoms with Gasteiger partial charge >= 0.3 is 5.97 Å². The number of carbonyl (C=O) groups excluding carboxylic acids is 1. The summed E-state index contributed by atoms with van der Waals surface area (Å²) < 4.78 is 32.9. The van der Waals surface area contributed by atoms with E-state index in [4.69, 9.17) is 0 Å². The molecule has 6 nitrogen and oxygen atoms in total. The second kappa shape index (κ2) is 7.21. The van der Waals surface area contributed by atoms with E-state index in [9.17, 15) is 13.2 Å². The number of rotatable bonds is 6. The fourth-order valence-corrected chi connectivity index (χ4v) is 4.64. The van der Waals surface area contributed by atoms with Crippen molar-refractivity contribution in [3.8, 4) is 0 Å². The Labute approximate surface area is 144 Å². The molecule has 0 aromatic heterocycles. The van der Waals surface area contributed by atoms with Crippen LogP contribution in [0.5, 0.6) is 0 Å². The van der Waals surface area contributed by atoms with E-state index >= 15 is 0 Å². The average molecular weight is 354 g/mol. The minimum absolute atomic E-state index is 0.123. The van der Waals surface area contributed by atoms with Gasteiger partial charge in [0.25, 0.3) is 0 Å². The molecule has 2 rings (SSSR count). The molecule has 24 heavy (non-hydrogen) atoms. The van der Waals surface area contributed by atoms with E-state index in [1.165, 1.54) is 13.2 Å². The highest BCUT2D eigenvalue weighted by atomic mass is 32.2. The summed E-state index contributed by atoms with van der Waals surface area (Å²) in [5, 5.41) is 0. The van der Waals surface area contributed by atoms with Crippen molar-refractivity contribution in [2.45, 2.75) is 43.0 Å². The van der Waals surface area contributed by atoms with Crippen molar-refractivity contribution in [3.63, 3.8) is 0 Å². The molecule has 0 spiro atoms. The van der Waals surface area contributed by atoms with Gasteiger partial charge in [0.05, 0.1) is 17.6 Å². The number of likely N-dealkylation sites (N-methyl/N-ethyl adjacent to an activating group) is 1. The fourth-order valence-electron chi connectivity index (χ4n) is 3.26. The molecular formula is C17H26N2O4S. The quantitative estimate of drug-likeness (QED) is 0.790. The van der Waals surface area contributed by atoms with Gasteiger partial charge in [-0.2, -0.15) is 0 Å². The number of carbonyl (C=O) groups is 1. The van der Waals surface area contributed by atoms with Gasteiger partial charge in [-0.3, -0.25) is 0 Å². The Balaban J connectivity index is 2.26. The van der Waals surface area contributed by atoms with Gasteiger partial charge in [-0.25, -0.2) is 17.9 Å². The van der Waals surface area contributed by atoms with E-state index in [0.717, 1.165) is 25.7 Å². The molecule has 1 aromatic carbocycles. The van der Waals surface area contributed by atoms with Crippen molar-refractivity contribution in [2.24, 2.45) is 0 Å². The summed E-state index contributed by atoms with van der Waals surface area (Å²) in [6, 6.07) is 4.57. The smallest absolute Gasteiger partial charge is 0.337 e. The minimum atomic E-state index is -3.70. The summed E-state index contributed by atoms with van der Waals surface area (Å²) >= 11 is 0. The Bertz CT molecular complexity index is 707. The summed E-state index contributed by atoms with van der Waals surface area (Å²) in [6.45, 7) is 2.08. The SMILES string of the molecule is COC(=O)c1ccc(C)c(S(=O)(=O)NCC2(N(C)C)CCCC2)c1. The molecule has 1 saturated carbocycles. The monoisotopic (exact) mass is 354 g/mol. The number of ether oxygens (including phenoxy) is 1. The first-order chi connectivity index (χ1) is 11.2. The lowest BCUT2D eigenvalue weighted by Gasteiger charge is -2.36. The number of nitrogens with zero attached hydrogens (tertiary/aromatic N) is 1. The minimum Gasteiger partial charge on any atom is -0.465 e.